The molecule has 1 aliphatic heterocycles. The summed E-state index contributed by atoms with van der Waals surface area (Å²) in [4.78, 5) is 13.2. The molecule has 11 heteroatoms. The van der Waals surface area contributed by atoms with E-state index in [2.05, 4.69) is 10.0 Å². The fourth-order valence-corrected chi connectivity index (χ4v) is 6.88. The van der Waals surface area contributed by atoms with Gasteiger partial charge in [0.25, 0.3) is 15.9 Å². The number of sulfonamides is 2. The van der Waals surface area contributed by atoms with Crippen LogP contribution in [0.3, 0.4) is 0 Å². The molecule has 0 aliphatic carbocycles. The smallest absolute Gasteiger partial charge is 0.267 e. The van der Waals surface area contributed by atoms with Gasteiger partial charge in [-0.3, -0.25) is 13.8 Å². The maximum Gasteiger partial charge on any atom is 0.267 e. The first kappa shape index (κ1) is 27.2. The van der Waals surface area contributed by atoms with E-state index in [9.17, 15) is 21.6 Å². The minimum Gasteiger partial charge on any atom is -0.476 e. The Morgan fingerprint density at radius 3 is 2.15 bits per heavy atom. The molecular weight excluding hydrogens is 550 g/mol. The quantitative estimate of drug-likeness (QED) is 0.317. The van der Waals surface area contributed by atoms with Crippen molar-refractivity contribution >= 4 is 43.0 Å². The van der Waals surface area contributed by atoms with E-state index in [1.807, 2.05) is 13.0 Å². The topological polar surface area (TPSA) is 122 Å². The number of anilines is 3. The van der Waals surface area contributed by atoms with Gasteiger partial charge in [0.05, 0.1) is 22.9 Å². The van der Waals surface area contributed by atoms with Crippen LogP contribution >= 0.6 is 0 Å². The Labute approximate surface area is 233 Å². The van der Waals surface area contributed by atoms with Crippen LogP contribution in [0.4, 0.5) is 17.1 Å². The van der Waals surface area contributed by atoms with Gasteiger partial charge in [-0.2, -0.15) is 0 Å². The SMILES string of the molecule is Cc1ccc(NS(=O)(=O)c2ccc(NC(=O)C3CN(S(=O)(=O)Cc4ccccc4)c4ccccc4O3)cc2)cc1. The number of fused-ring (bicyclic) bond motifs is 1. The van der Waals surface area contributed by atoms with Crippen molar-refractivity contribution in [3.63, 3.8) is 0 Å². The molecule has 0 fully saturated rings. The van der Waals surface area contributed by atoms with Crippen molar-refractivity contribution in [1.82, 2.24) is 0 Å². The third-order valence-corrected chi connectivity index (χ3v) is 9.40. The van der Waals surface area contributed by atoms with Crippen molar-refractivity contribution in [2.24, 2.45) is 0 Å². The number of rotatable bonds is 8. The van der Waals surface area contributed by atoms with Gasteiger partial charge in [-0.05, 0) is 61.0 Å². The largest absolute Gasteiger partial charge is 0.476 e. The Bertz CT molecular complexity index is 1730. The minimum absolute atomic E-state index is 0.0205. The second kappa shape index (κ2) is 11.0. The fraction of sp³-hybridized carbons (Fsp3) is 0.138. The highest BCUT2D eigenvalue weighted by molar-refractivity contribution is 7.92. The van der Waals surface area contributed by atoms with Gasteiger partial charge >= 0.3 is 0 Å². The molecule has 2 N–H and O–H groups in total. The molecule has 1 unspecified atom stereocenters. The summed E-state index contributed by atoms with van der Waals surface area (Å²) >= 11 is 0. The zero-order valence-corrected chi connectivity index (χ0v) is 23.2. The van der Waals surface area contributed by atoms with E-state index in [4.69, 9.17) is 4.74 Å². The van der Waals surface area contributed by atoms with Crippen LogP contribution < -0.4 is 19.1 Å². The average Bonchev–Trinajstić information content (AvgIpc) is 2.94. The molecule has 0 saturated heterocycles. The van der Waals surface area contributed by atoms with Gasteiger partial charge in [0.1, 0.15) is 5.75 Å². The van der Waals surface area contributed by atoms with Gasteiger partial charge in [-0.1, -0.05) is 60.2 Å². The molecule has 5 rings (SSSR count). The number of nitrogens with zero attached hydrogens (tertiary/aromatic N) is 1. The molecule has 40 heavy (non-hydrogen) atoms. The molecule has 0 spiro atoms. The molecule has 0 bridgehead atoms. The van der Waals surface area contributed by atoms with E-state index < -0.39 is 32.1 Å². The van der Waals surface area contributed by atoms with E-state index in [0.29, 0.717) is 22.6 Å². The lowest BCUT2D eigenvalue weighted by atomic mass is 10.2. The van der Waals surface area contributed by atoms with Crippen molar-refractivity contribution < 1.29 is 26.4 Å². The molecule has 9 nitrogen and oxygen atoms in total. The van der Waals surface area contributed by atoms with E-state index in [1.54, 1.807) is 72.8 Å². The highest BCUT2D eigenvalue weighted by Gasteiger charge is 2.36. The Morgan fingerprint density at radius 2 is 1.45 bits per heavy atom. The first-order chi connectivity index (χ1) is 19.1. The van der Waals surface area contributed by atoms with E-state index in [1.165, 1.54) is 28.6 Å². The van der Waals surface area contributed by atoms with Crippen LogP contribution in [0.1, 0.15) is 11.1 Å². The molecule has 1 aliphatic rings. The summed E-state index contributed by atoms with van der Waals surface area (Å²) in [5.74, 6) is -0.528. The Balaban J connectivity index is 1.31. The number of hydrogen-bond acceptors (Lipinski definition) is 6. The first-order valence-corrected chi connectivity index (χ1v) is 15.5. The number of amides is 1. The molecule has 0 aromatic heterocycles. The van der Waals surface area contributed by atoms with Crippen molar-refractivity contribution in [3.05, 3.63) is 114 Å². The maximum atomic E-state index is 13.4. The normalized spacial score (nSPS) is 15.0. The Morgan fingerprint density at radius 1 is 0.825 bits per heavy atom. The molecule has 1 amide bonds. The second-order valence-corrected chi connectivity index (χ2v) is 12.9. The molecule has 4 aromatic rings. The minimum atomic E-state index is -3.84. The lowest BCUT2D eigenvalue weighted by molar-refractivity contribution is -0.122. The van der Waals surface area contributed by atoms with Crippen LogP contribution in [0.15, 0.2) is 108 Å². The van der Waals surface area contributed by atoms with Gasteiger partial charge < -0.3 is 10.1 Å². The number of benzene rings is 4. The molecule has 1 atom stereocenters. The predicted octanol–water partition coefficient (Wildman–Crippen LogP) is 4.53. The Hall–Kier alpha value is -4.35. The van der Waals surface area contributed by atoms with Gasteiger partial charge in [0.15, 0.2) is 6.10 Å². The van der Waals surface area contributed by atoms with Crippen molar-refractivity contribution in [2.45, 2.75) is 23.7 Å². The van der Waals surface area contributed by atoms with Gasteiger partial charge in [-0.25, -0.2) is 16.8 Å². The standard InChI is InChI=1S/C29H27N3O6S2/c1-21-11-13-24(14-12-21)31-40(36,37)25-17-15-23(16-18-25)30-29(33)28-19-32(26-9-5-6-10-27(26)38-28)39(34,35)20-22-7-3-2-4-8-22/h2-18,28,31H,19-20H2,1H3,(H,30,33). The second-order valence-electron chi connectivity index (χ2n) is 9.33. The molecule has 4 aromatic carbocycles. The van der Waals surface area contributed by atoms with Crippen LogP contribution in [0.2, 0.25) is 0 Å². The molecule has 0 saturated carbocycles. The Kier molecular flexibility index (Phi) is 7.51. The summed E-state index contributed by atoms with van der Waals surface area (Å²) in [7, 11) is -7.68. The molecule has 1 heterocycles. The number of hydrogen-bond donors (Lipinski definition) is 2. The average molecular weight is 578 g/mol. The van der Waals surface area contributed by atoms with Crippen molar-refractivity contribution in [2.75, 3.05) is 20.9 Å². The summed E-state index contributed by atoms with van der Waals surface area (Å²) in [6, 6.07) is 28.1. The van der Waals surface area contributed by atoms with Crippen molar-refractivity contribution in [3.8, 4) is 5.75 Å². The number of ether oxygens (including phenoxy) is 1. The molecular formula is C29H27N3O6S2. The van der Waals surface area contributed by atoms with Crippen LogP contribution in [0, 0.1) is 6.92 Å². The summed E-state index contributed by atoms with van der Waals surface area (Å²) in [5, 5.41) is 2.70. The third kappa shape index (κ3) is 6.11. The number of carbonyl (C=O) groups is 1. The summed E-state index contributed by atoms with van der Waals surface area (Å²) < 4.78 is 61.9. The number of nitrogens with one attached hydrogen (secondary N) is 2. The summed E-state index contributed by atoms with van der Waals surface area (Å²) in [6.45, 7) is 1.69. The highest BCUT2D eigenvalue weighted by atomic mass is 32.2. The van der Waals surface area contributed by atoms with Crippen LogP contribution in [-0.4, -0.2) is 35.4 Å². The number of aryl methyl sites for hydroxylation is 1. The summed E-state index contributed by atoms with van der Waals surface area (Å²) in [6.07, 6.45) is -1.13. The third-order valence-electron chi connectivity index (χ3n) is 6.29. The monoisotopic (exact) mass is 577 g/mol. The van der Waals surface area contributed by atoms with E-state index >= 15 is 0 Å². The lowest BCUT2D eigenvalue weighted by Gasteiger charge is -2.34. The van der Waals surface area contributed by atoms with Crippen LogP contribution in [-0.2, 0) is 30.6 Å². The van der Waals surface area contributed by atoms with Crippen LogP contribution in [0.5, 0.6) is 5.75 Å². The predicted molar refractivity (Wildman–Crippen MR) is 154 cm³/mol. The van der Waals surface area contributed by atoms with Crippen LogP contribution in [0.25, 0.3) is 0 Å². The zero-order valence-electron chi connectivity index (χ0n) is 21.5. The molecule has 0 radical (unpaired) electrons. The van der Waals surface area contributed by atoms with Gasteiger partial charge in [0, 0.05) is 11.4 Å². The zero-order chi connectivity index (χ0) is 28.3. The fourth-order valence-electron chi connectivity index (χ4n) is 4.24. The lowest BCUT2D eigenvalue weighted by Crippen LogP contribution is -2.49. The van der Waals surface area contributed by atoms with E-state index in [0.717, 1.165) is 5.56 Å². The molecule has 206 valence electrons. The maximum absolute atomic E-state index is 13.4. The number of carbonyl (C=O) groups excluding carboxylic acids is 1. The highest BCUT2D eigenvalue weighted by Crippen LogP contribution is 2.36. The summed E-state index contributed by atoms with van der Waals surface area (Å²) in [5.41, 5.74) is 2.76. The van der Waals surface area contributed by atoms with Gasteiger partial charge in [0.2, 0.25) is 10.0 Å². The van der Waals surface area contributed by atoms with E-state index in [-0.39, 0.29) is 22.9 Å². The van der Waals surface area contributed by atoms with Crippen molar-refractivity contribution in [1.29, 1.82) is 0 Å². The first-order valence-electron chi connectivity index (χ1n) is 12.4. The van der Waals surface area contributed by atoms with Gasteiger partial charge in [-0.15, -0.1) is 0 Å². The number of para-hydroxylation sites is 2.